The molecule has 0 aliphatic heterocycles. The molecule has 0 aliphatic rings. The van der Waals surface area contributed by atoms with Crippen LogP contribution in [0.25, 0.3) is 0 Å². The molecule has 0 radical (unpaired) electrons. The Morgan fingerprint density at radius 3 is 2.56 bits per heavy atom. The summed E-state index contributed by atoms with van der Waals surface area (Å²) in [6.07, 6.45) is 2.53. The molecule has 0 saturated carbocycles. The first-order valence-electron chi connectivity index (χ1n) is 6.27. The molecule has 1 aromatic heterocycles. The van der Waals surface area contributed by atoms with Gasteiger partial charge in [0.25, 0.3) is 0 Å². The highest BCUT2D eigenvalue weighted by molar-refractivity contribution is 7.89. The predicted molar refractivity (Wildman–Crippen MR) is 73.0 cm³/mol. The molecule has 0 saturated heterocycles. The Morgan fingerprint density at radius 2 is 2.06 bits per heavy atom. The standard InChI is InChI=1S/C12H23N3O2S/c1-5-7-14(4)18(16,17)12-8-11(9-13-3)15(6-2)10-12/h8,10,13H,5-7,9H2,1-4H3. The van der Waals surface area contributed by atoms with Crippen molar-refractivity contribution >= 4 is 10.0 Å². The van der Waals surface area contributed by atoms with E-state index in [4.69, 9.17) is 0 Å². The summed E-state index contributed by atoms with van der Waals surface area (Å²) >= 11 is 0. The van der Waals surface area contributed by atoms with Crippen LogP contribution < -0.4 is 5.32 Å². The second-order valence-electron chi connectivity index (χ2n) is 4.31. The Balaban J connectivity index is 3.09. The molecule has 1 heterocycles. The first kappa shape index (κ1) is 15.2. The lowest BCUT2D eigenvalue weighted by molar-refractivity contribution is 0.468. The summed E-state index contributed by atoms with van der Waals surface area (Å²) in [4.78, 5) is 0.380. The third-order valence-electron chi connectivity index (χ3n) is 2.91. The fourth-order valence-electron chi connectivity index (χ4n) is 1.91. The van der Waals surface area contributed by atoms with E-state index in [2.05, 4.69) is 5.32 Å². The van der Waals surface area contributed by atoms with Gasteiger partial charge in [0.05, 0.1) is 0 Å². The van der Waals surface area contributed by atoms with Gasteiger partial charge in [-0.1, -0.05) is 6.92 Å². The van der Waals surface area contributed by atoms with Crippen LogP contribution >= 0.6 is 0 Å². The Labute approximate surface area is 110 Å². The largest absolute Gasteiger partial charge is 0.349 e. The Morgan fingerprint density at radius 1 is 1.39 bits per heavy atom. The summed E-state index contributed by atoms with van der Waals surface area (Å²) in [5.74, 6) is 0. The van der Waals surface area contributed by atoms with E-state index in [1.165, 1.54) is 4.31 Å². The van der Waals surface area contributed by atoms with Gasteiger partial charge in [0.15, 0.2) is 0 Å². The summed E-state index contributed by atoms with van der Waals surface area (Å²) in [7, 11) is 0.130. The zero-order valence-corrected chi connectivity index (χ0v) is 12.4. The van der Waals surface area contributed by atoms with E-state index < -0.39 is 10.0 Å². The van der Waals surface area contributed by atoms with E-state index in [0.717, 1.165) is 18.7 Å². The fraction of sp³-hybridized carbons (Fsp3) is 0.667. The molecule has 1 aromatic rings. The average Bonchev–Trinajstić information content (AvgIpc) is 2.73. The fourth-order valence-corrected chi connectivity index (χ4v) is 3.23. The van der Waals surface area contributed by atoms with Crippen molar-refractivity contribution in [3.05, 3.63) is 18.0 Å². The van der Waals surface area contributed by atoms with Crippen LogP contribution in [0.2, 0.25) is 0 Å². The number of rotatable bonds is 7. The Bertz CT molecular complexity index is 480. The molecule has 6 heteroatoms. The zero-order chi connectivity index (χ0) is 13.8. The highest BCUT2D eigenvalue weighted by Crippen LogP contribution is 2.18. The maximum Gasteiger partial charge on any atom is 0.244 e. The number of nitrogens with one attached hydrogen (secondary N) is 1. The molecule has 1 rings (SSSR count). The predicted octanol–water partition coefficient (Wildman–Crippen LogP) is 1.26. The molecule has 0 fully saturated rings. The molecule has 18 heavy (non-hydrogen) atoms. The number of aryl methyl sites for hydroxylation is 1. The normalized spacial score (nSPS) is 12.3. The maximum absolute atomic E-state index is 12.3. The molecule has 0 aliphatic carbocycles. The van der Waals surface area contributed by atoms with Crippen molar-refractivity contribution in [1.29, 1.82) is 0 Å². The Kier molecular flexibility index (Phi) is 5.37. The minimum Gasteiger partial charge on any atom is -0.349 e. The molecule has 0 unspecified atom stereocenters. The summed E-state index contributed by atoms with van der Waals surface area (Å²) in [6.45, 7) is 5.95. The maximum atomic E-state index is 12.3. The van der Waals surface area contributed by atoms with Crippen molar-refractivity contribution < 1.29 is 8.42 Å². The van der Waals surface area contributed by atoms with E-state index in [-0.39, 0.29) is 0 Å². The lowest BCUT2D eigenvalue weighted by Crippen LogP contribution is -2.27. The van der Waals surface area contributed by atoms with Gasteiger partial charge in [-0.3, -0.25) is 0 Å². The van der Waals surface area contributed by atoms with E-state index >= 15 is 0 Å². The molecule has 5 nitrogen and oxygen atoms in total. The summed E-state index contributed by atoms with van der Waals surface area (Å²) in [5.41, 5.74) is 0.989. The van der Waals surface area contributed by atoms with Crippen molar-refractivity contribution in [2.24, 2.45) is 0 Å². The minimum absolute atomic E-state index is 0.380. The first-order chi connectivity index (χ1) is 8.47. The van der Waals surface area contributed by atoms with Crippen LogP contribution in [0, 0.1) is 0 Å². The van der Waals surface area contributed by atoms with E-state index in [1.807, 2.05) is 25.5 Å². The summed E-state index contributed by atoms with van der Waals surface area (Å²) in [5, 5.41) is 3.05. The number of hydrogen-bond donors (Lipinski definition) is 1. The lowest BCUT2D eigenvalue weighted by Gasteiger charge is -2.14. The van der Waals surface area contributed by atoms with Crippen molar-refractivity contribution in [2.45, 2.75) is 38.3 Å². The van der Waals surface area contributed by atoms with Gasteiger partial charge in [0, 0.05) is 38.6 Å². The van der Waals surface area contributed by atoms with Gasteiger partial charge in [-0.05, 0) is 26.5 Å². The second-order valence-corrected chi connectivity index (χ2v) is 6.35. The van der Waals surface area contributed by atoms with Gasteiger partial charge >= 0.3 is 0 Å². The molecule has 104 valence electrons. The topological polar surface area (TPSA) is 54.3 Å². The van der Waals surface area contributed by atoms with Crippen molar-refractivity contribution in [2.75, 3.05) is 20.6 Å². The highest BCUT2D eigenvalue weighted by atomic mass is 32.2. The van der Waals surface area contributed by atoms with Crippen LogP contribution in [0.3, 0.4) is 0 Å². The first-order valence-corrected chi connectivity index (χ1v) is 7.71. The van der Waals surface area contributed by atoms with Crippen molar-refractivity contribution in [3.8, 4) is 0 Å². The molecule has 0 amide bonds. The summed E-state index contributed by atoms with van der Waals surface area (Å²) < 4.78 is 28.0. The molecule has 0 spiro atoms. The molecular weight excluding hydrogens is 250 g/mol. The van der Waals surface area contributed by atoms with Crippen molar-refractivity contribution in [1.82, 2.24) is 14.2 Å². The third kappa shape index (κ3) is 3.13. The van der Waals surface area contributed by atoms with E-state index in [0.29, 0.717) is 18.0 Å². The SMILES string of the molecule is CCCN(C)S(=O)(=O)c1cc(CNC)n(CC)c1. The van der Waals surface area contributed by atoms with Gasteiger partial charge < -0.3 is 9.88 Å². The minimum atomic E-state index is -3.35. The molecule has 1 N–H and O–H groups in total. The number of hydrogen-bond acceptors (Lipinski definition) is 3. The highest BCUT2D eigenvalue weighted by Gasteiger charge is 2.22. The van der Waals surface area contributed by atoms with Gasteiger partial charge in [-0.25, -0.2) is 12.7 Å². The zero-order valence-electron chi connectivity index (χ0n) is 11.6. The lowest BCUT2D eigenvalue weighted by atomic mass is 10.4. The van der Waals surface area contributed by atoms with Gasteiger partial charge in [0.2, 0.25) is 10.0 Å². The molecule has 0 atom stereocenters. The quantitative estimate of drug-likeness (QED) is 0.813. The van der Waals surface area contributed by atoms with Crippen LogP contribution in [0.15, 0.2) is 17.2 Å². The van der Waals surface area contributed by atoms with E-state index in [9.17, 15) is 8.42 Å². The third-order valence-corrected chi connectivity index (χ3v) is 4.73. The molecule has 0 bridgehead atoms. The van der Waals surface area contributed by atoms with Crippen LogP contribution in [0.5, 0.6) is 0 Å². The van der Waals surface area contributed by atoms with Gasteiger partial charge in [-0.2, -0.15) is 0 Å². The number of aromatic nitrogens is 1. The molecule has 0 aromatic carbocycles. The van der Waals surface area contributed by atoms with Crippen LogP contribution in [-0.4, -0.2) is 37.9 Å². The van der Waals surface area contributed by atoms with Crippen LogP contribution in [0.4, 0.5) is 0 Å². The monoisotopic (exact) mass is 273 g/mol. The van der Waals surface area contributed by atoms with Gasteiger partial charge in [-0.15, -0.1) is 0 Å². The van der Waals surface area contributed by atoms with Crippen molar-refractivity contribution in [3.63, 3.8) is 0 Å². The summed E-state index contributed by atoms with van der Waals surface area (Å²) in [6, 6.07) is 1.75. The second kappa shape index (κ2) is 6.36. The van der Waals surface area contributed by atoms with Crippen LogP contribution in [-0.2, 0) is 23.1 Å². The van der Waals surface area contributed by atoms with E-state index in [1.54, 1.807) is 19.3 Å². The average molecular weight is 273 g/mol. The number of nitrogens with zero attached hydrogens (tertiary/aromatic N) is 2. The molecular formula is C12H23N3O2S. The van der Waals surface area contributed by atoms with Gasteiger partial charge in [0.1, 0.15) is 4.90 Å². The van der Waals surface area contributed by atoms with Crippen LogP contribution in [0.1, 0.15) is 26.0 Å². The number of sulfonamides is 1. The smallest absolute Gasteiger partial charge is 0.244 e. The Hall–Kier alpha value is -0.850.